The molecule has 5 nitrogen and oxygen atoms in total. The van der Waals surface area contributed by atoms with Crippen molar-refractivity contribution in [1.29, 1.82) is 0 Å². The van der Waals surface area contributed by atoms with Gasteiger partial charge in [-0.05, 0) is 49.2 Å². The lowest BCUT2D eigenvalue weighted by Gasteiger charge is -2.32. The number of aryl methyl sites for hydroxylation is 1. The molecule has 1 aromatic heterocycles. The number of benzene rings is 2. The number of rotatable bonds is 9. The van der Waals surface area contributed by atoms with E-state index in [1.807, 2.05) is 28.8 Å². The Hall–Kier alpha value is -3.76. The van der Waals surface area contributed by atoms with Crippen LogP contribution in [0.25, 0.3) is 0 Å². The summed E-state index contributed by atoms with van der Waals surface area (Å²) in [6.07, 6.45) is -8.08. The fraction of sp³-hybridized carbons (Fsp3) is 0.357. The molecule has 0 bridgehead atoms. The minimum Gasteiger partial charge on any atom is -0.353 e. The van der Waals surface area contributed by atoms with Crippen LogP contribution < -0.4 is 0 Å². The molecule has 11 heteroatoms. The lowest BCUT2D eigenvalue weighted by Crippen LogP contribution is -2.46. The smallest absolute Gasteiger partial charge is 0.353 e. The van der Waals surface area contributed by atoms with Gasteiger partial charge in [-0.15, -0.1) is 0 Å². The summed E-state index contributed by atoms with van der Waals surface area (Å²) in [5, 5.41) is 0. The molecular formula is C28H29F6N3O2. The van der Waals surface area contributed by atoms with E-state index in [4.69, 9.17) is 0 Å². The minimum absolute atomic E-state index is 0.0308. The van der Waals surface area contributed by atoms with E-state index in [-0.39, 0.29) is 19.2 Å². The average Bonchev–Trinajstić information content (AvgIpc) is 3.29. The summed E-state index contributed by atoms with van der Waals surface area (Å²) in [7, 11) is 1.81. The maximum Gasteiger partial charge on any atom is 0.416 e. The molecule has 2 amide bonds. The van der Waals surface area contributed by atoms with Crippen molar-refractivity contribution in [2.24, 2.45) is 7.05 Å². The molecule has 3 rings (SSSR count). The monoisotopic (exact) mass is 553 g/mol. The van der Waals surface area contributed by atoms with Gasteiger partial charge in [0.1, 0.15) is 6.54 Å². The van der Waals surface area contributed by atoms with E-state index in [9.17, 15) is 35.9 Å². The zero-order chi connectivity index (χ0) is 29.0. The summed E-state index contributed by atoms with van der Waals surface area (Å²) < 4.78 is 82.3. The van der Waals surface area contributed by atoms with Crippen LogP contribution in [-0.2, 0) is 37.3 Å². The molecule has 0 fully saturated rings. The van der Waals surface area contributed by atoms with Crippen LogP contribution >= 0.6 is 0 Å². The Kier molecular flexibility index (Phi) is 9.14. The zero-order valence-corrected chi connectivity index (χ0v) is 21.7. The second-order valence-electron chi connectivity index (χ2n) is 9.33. The van der Waals surface area contributed by atoms with Gasteiger partial charge >= 0.3 is 12.4 Å². The second kappa shape index (κ2) is 12.0. The highest BCUT2D eigenvalue weighted by molar-refractivity contribution is 5.97. The maximum absolute atomic E-state index is 13.6. The van der Waals surface area contributed by atoms with E-state index < -0.39 is 53.4 Å². The number of amides is 2. The molecule has 0 aliphatic carbocycles. The van der Waals surface area contributed by atoms with Crippen molar-refractivity contribution in [2.75, 3.05) is 6.54 Å². The first-order valence-corrected chi connectivity index (χ1v) is 12.2. The van der Waals surface area contributed by atoms with E-state index in [2.05, 4.69) is 0 Å². The number of aromatic nitrogens is 1. The molecule has 0 saturated carbocycles. The Bertz CT molecular complexity index is 1250. The van der Waals surface area contributed by atoms with Crippen molar-refractivity contribution < 1.29 is 35.9 Å². The predicted octanol–water partition coefficient (Wildman–Crippen LogP) is 6.53. The SMILES string of the molecule is CCC(C)N(CC(=O)N(Cc1ccccc1)Cc1cccn1C)C(=O)c1cc(C(F)(F)F)cc(C(F)(F)F)c1. The Morgan fingerprint density at radius 2 is 1.46 bits per heavy atom. The summed E-state index contributed by atoms with van der Waals surface area (Å²) >= 11 is 0. The molecule has 0 N–H and O–H groups in total. The number of halogens is 6. The molecule has 0 spiro atoms. The predicted molar refractivity (Wildman–Crippen MR) is 133 cm³/mol. The molecule has 210 valence electrons. The van der Waals surface area contributed by atoms with Gasteiger partial charge in [0, 0.05) is 37.1 Å². The van der Waals surface area contributed by atoms with Crippen molar-refractivity contribution in [3.05, 3.63) is 94.8 Å². The van der Waals surface area contributed by atoms with Gasteiger partial charge < -0.3 is 14.4 Å². The fourth-order valence-corrected chi connectivity index (χ4v) is 4.03. The van der Waals surface area contributed by atoms with E-state index >= 15 is 0 Å². The van der Waals surface area contributed by atoms with Crippen LogP contribution in [0.5, 0.6) is 0 Å². The average molecular weight is 554 g/mol. The highest BCUT2D eigenvalue weighted by atomic mass is 19.4. The normalized spacial score (nSPS) is 12.7. The molecular weight excluding hydrogens is 524 g/mol. The number of nitrogens with zero attached hydrogens (tertiary/aromatic N) is 3. The zero-order valence-electron chi connectivity index (χ0n) is 21.7. The van der Waals surface area contributed by atoms with Crippen LogP contribution in [0.2, 0.25) is 0 Å². The number of carbonyl (C=O) groups is 2. The maximum atomic E-state index is 13.6. The van der Waals surface area contributed by atoms with Crippen LogP contribution in [0.3, 0.4) is 0 Å². The van der Waals surface area contributed by atoms with E-state index in [1.54, 1.807) is 45.3 Å². The highest BCUT2D eigenvalue weighted by Crippen LogP contribution is 2.36. The third-order valence-corrected chi connectivity index (χ3v) is 6.50. The summed E-state index contributed by atoms with van der Waals surface area (Å²) in [5.74, 6) is -1.59. The number of hydrogen-bond donors (Lipinski definition) is 0. The van der Waals surface area contributed by atoms with Gasteiger partial charge in [0.2, 0.25) is 5.91 Å². The Labute approximate surface area is 222 Å². The largest absolute Gasteiger partial charge is 0.416 e. The molecule has 39 heavy (non-hydrogen) atoms. The number of carbonyl (C=O) groups excluding carboxylic acids is 2. The van der Waals surface area contributed by atoms with Crippen molar-refractivity contribution in [3.8, 4) is 0 Å². The molecule has 1 atom stereocenters. The van der Waals surface area contributed by atoms with Crippen molar-refractivity contribution in [2.45, 2.75) is 51.8 Å². The van der Waals surface area contributed by atoms with Crippen LogP contribution in [-0.4, -0.2) is 38.8 Å². The number of hydrogen-bond acceptors (Lipinski definition) is 2. The molecule has 2 aromatic carbocycles. The summed E-state index contributed by atoms with van der Waals surface area (Å²) in [6.45, 7) is 3.13. The Morgan fingerprint density at radius 3 is 1.95 bits per heavy atom. The molecule has 1 heterocycles. The Balaban J connectivity index is 1.97. The van der Waals surface area contributed by atoms with Crippen LogP contribution in [0.4, 0.5) is 26.3 Å². The first-order valence-electron chi connectivity index (χ1n) is 12.2. The quantitative estimate of drug-likeness (QED) is 0.283. The highest BCUT2D eigenvalue weighted by Gasteiger charge is 2.38. The van der Waals surface area contributed by atoms with Crippen molar-refractivity contribution in [1.82, 2.24) is 14.4 Å². The van der Waals surface area contributed by atoms with Gasteiger partial charge in [-0.3, -0.25) is 9.59 Å². The lowest BCUT2D eigenvalue weighted by atomic mass is 10.0. The van der Waals surface area contributed by atoms with Gasteiger partial charge in [-0.25, -0.2) is 0 Å². The van der Waals surface area contributed by atoms with Gasteiger partial charge in [0.25, 0.3) is 5.91 Å². The standard InChI is InChI=1S/C28H29F6N3O2/c1-4-19(2)37(26(39)21-13-22(27(29,30)31)15-23(14-21)28(32,33)34)18-25(38)36(16-20-9-6-5-7-10-20)17-24-11-8-12-35(24)3/h5-15,19H,4,16-18H2,1-3H3. The van der Waals surface area contributed by atoms with Crippen LogP contribution in [0.1, 0.15) is 53.0 Å². The van der Waals surface area contributed by atoms with Gasteiger partial charge in [0.15, 0.2) is 0 Å². The first kappa shape index (κ1) is 29.8. The van der Waals surface area contributed by atoms with E-state index in [0.717, 1.165) is 16.2 Å². The van der Waals surface area contributed by atoms with E-state index in [0.29, 0.717) is 18.6 Å². The topological polar surface area (TPSA) is 45.6 Å². The van der Waals surface area contributed by atoms with Crippen LogP contribution in [0.15, 0.2) is 66.9 Å². The minimum atomic E-state index is -5.10. The summed E-state index contributed by atoms with van der Waals surface area (Å²) in [4.78, 5) is 29.5. The van der Waals surface area contributed by atoms with E-state index in [1.165, 1.54) is 4.90 Å². The molecule has 1 unspecified atom stereocenters. The molecule has 0 radical (unpaired) electrons. The van der Waals surface area contributed by atoms with Crippen LogP contribution in [0, 0.1) is 0 Å². The van der Waals surface area contributed by atoms with Crippen molar-refractivity contribution in [3.63, 3.8) is 0 Å². The third kappa shape index (κ3) is 7.64. The molecule has 0 saturated heterocycles. The van der Waals surface area contributed by atoms with Gasteiger partial charge in [-0.1, -0.05) is 37.3 Å². The number of alkyl halides is 6. The first-order chi connectivity index (χ1) is 18.2. The Morgan fingerprint density at radius 1 is 0.872 bits per heavy atom. The van der Waals surface area contributed by atoms with Crippen molar-refractivity contribution >= 4 is 11.8 Å². The third-order valence-electron chi connectivity index (χ3n) is 6.50. The summed E-state index contributed by atoms with van der Waals surface area (Å²) in [6, 6.07) is 12.8. The molecule has 3 aromatic rings. The molecule has 0 aliphatic rings. The molecule has 0 aliphatic heterocycles. The lowest BCUT2D eigenvalue weighted by molar-refractivity contribution is -0.143. The van der Waals surface area contributed by atoms with Gasteiger partial charge in [-0.2, -0.15) is 26.3 Å². The summed E-state index contributed by atoms with van der Waals surface area (Å²) in [5.41, 5.74) is -2.36. The fourth-order valence-electron chi connectivity index (χ4n) is 4.03. The van der Waals surface area contributed by atoms with Gasteiger partial charge in [0.05, 0.1) is 17.7 Å². The second-order valence-corrected chi connectivity index (χ2v) is 9.33.